The molecule has 0 radical (unpaired) electrons. The van der Waals surface area contributed by atoms with E-state index in [1.807, 2.05) is 0 Å². The van der Waals surface area contributed by atoms with Crippen LogP contribution in [0.2, 0.25) is 0 Å². The van der Waals surface area contributed by atoms with Crippen LogP contribution in [0.4, 0.5) is 13.2 Å². The predicted molar refractivity (Wildman–Crippen MR) is 54.9 cm³/mol. The van der Waals surface area contributed by atoms with E-state index in [9.17, 15) is 13.2 Å². The predicted octanol–water partition coefficient (Wildman–Crippen LogP) is 2.99. The maximum atomic E-state index is 12.4. The standard InChI is InChI=1S/C9H10BrF3N2/c1-5(15-14)7-4-6(9(11,12)13)2-3-8(7)10/h2-5,15H,14H2,1H3. The lowest BCUT2D eigenvalue weighted by Crippen LogP contribution is -2.26. The van der Waals surface area contributed by atoms with Gasteiger partial charge in [0.2, 0.25) is 0 Å². The van der Waals surface area contributed by atoms with Gasteiger partial charge in [-0.25, -0.2) is 0 Å². The second kappa shape index (κ2) is 4.51. The number of alkyl halides is 3. The molecule has 1 rings (SSSR count). The zero-order chi connectivity index (χ0) is 11.6. The fourth-order valence-electron chi connectivity index (χ4n) is 1.14. The Kier molecular flexibility index (Phi) is 3.75. The molecule has 1 unspecified atom stereocenters. The van der Waals surface area contributed by atoms with Gasteiger partial charge in [0.25, 0.3) is 0 Å². The van der Waals surface area contributed by atoms with Crippen LogP contribution < -0.4 is 11.3 Å². The maximum Gasteiger partial charge on any atom is 0.416 e. The zero-order valence-corrected chi connectivity index (χ0v) is 9.48. The molecule has 1 aromatic carbocycles. The molecule has 15 heavy (non-hydrogen) atoms. The van der Waals surface area contributed by atoms with Crippen molar-refractivity contribution in [2.75, 3.05) is 0 Å². The first-order valence-corrected chi connectivity index (χ1v) is 4.98. The molecule has 0 saturated carbocycles. The lowest BCUT2D eigenvalue weighted by molar-refractivity contribution is -0.137. The Balaban J connectivity index is 3.17. The highest BCUT2D eigenvalue weighted by atomic mass is 79.9. The molecule has 1 atom stereocenters. The highest BCUT2D eigenvalue weighted by Crippen LogP contribution is 2.33. The van der Waals surface area contributed by atoms with Crippen molar-refractivity contribution in [2.24, 2.45) is 5.84 Å². The van der Waals surface area contributed by atoms with Gasteiger partial charge in [0.05, 0.1) is 5.56 Å². The van der Waals surface area contributed by atoms with E-state index in [4.69, 9.17) is 5.84 Å². The summed E-state index contributed by atoms with van der Waals surface area (Å²) >= 11 is 3.18. The summed E-state index contributed by atoms with van der Waals surface area (Å²) in [5.41, 5.74) is 2.20. The summed E-state index contributed by atoms with van der Waals surface area (Å²) in [4.78, 5) is 0. The van der Waals surface area contributed by atoms with Crippen LogP contribution in [-0.4, -0.2) is 0 Å². The van der Waals surface area contributed by atoms with Gasteiger partial charge in [-0.05, 0) is 30.7 Å². The fourth-order valence-corrected chi connectivity index (χ4v) is 1.73. The van der Waals surface area contributed by atoms with Gasteiger partial charge in [-0.3, -0.25) is 11.3 Å². The molecule has 0 spiro atoms. The van der Waals surface area contributed by atoms with Crippen LogP contribution in [0.1, 0.15) is 24.1 Å². The topological polar surface area (TPSA) is 38.0 Å². The van der Waals surface area contributed by atoms with E-state index in [1.54, 1.807) is 6.92 Å². The highest BCUT2D eigenvalue weighted by Gasteiger charge is 2.31. The third-order valence-electron chi connectivity index (χ3n) is 2.04. The van der Waals surface area contributed by atoms with Gasteiger partial charge in [0.1, 0.15) is 0 Å². The molecule has 0 fully saturated rings. The van der Waals surface area contributed by atoms with Crippen LogP contribution >= 0.6 is 15.9 Å². The number of hydrogen-bond donors (Lipinski definition) is 2. The molecular weight excluding hydrogens is 273 g/mol. The third kappa shape index (κ3) is 2.93. The largest absolute Gasteiger partial charge is 0.416 e. The Bertz CT molecular complexity index is 352. The Morgan fingerprint density at radius 3 is 2.47 bits per heavy atom. The third-order valence-corrected chi connectivity index (χ3v) is 2.76. The Hall–Kier alpha value is -0.590. The second-order valence-electron chi connectivity index (χ2n) is 3.12. The molecule has 2 nitrogen and oxygen atoms in total. The van der Waals surface area contributed by atoms with Gasteiger partial charge in [-0.1, -0.05) is 15.9 Å². The van der Waals surface area contributed by atoms with Crippen LogP contribution in [0, 0.1) is 0 Å². The van der Waals surface area contributed by atoms with E-state index in [0.29, 0.717) is 10.0 Å². The average Bonchev–Trinajstić information content (AvgIpc) is 2.15. The Morgan fingerprint density at radius 2 is 2.00 bits per heavy atom. The van der Waals surface area contributed by atoms with Crippen molar-refractivity contribution in [3.63, 3.8) is 0 Å². The molecule has 0 aromatic heterocycles. The minimum Gasteiger partial charge on any atom is -0.271 e. The number of nitrogens with two attached hydrogens (primary N) is 1. The normalized spacial score (nSPS) is 14.0. The van der Waals surface area contributed by atoms with Gasteiger partial charge >= 0.3 is 6.18 Å². The molecule has 0 aliphatic heterocycles. The molecule has 0 aliphatic carbocycles. The smallest absolute Gasteiger partial charge is 0.271 e. The maximum absolute atomic E-state index is 12.4. The van der Waals surface area contributed by atoms with Gasteiger partial charge in [0.15, 0.2) is 0 Å². The lowest BCUT2D eigenvalue weighted by Gasteiger charge is -2.15. The molecule has 84 valence electrons. The molecular formula is C9H10BrF3N2. The van der Waals surface area contributed by atoms with E-state index >= 15 is 0 Å². The zero-order valence-electron chi connectivity index (χ0n) is 7.90. The van der Waals surface area contributed by atoms with E-state index < -0.39 is 11.7 Å². The monoisotopic (exact) mass is 282 g/mol. The number of hydrogen-bond acceptors (Lipinski definition) is 2. The molecule has 0 aliphatic rings. The quantitative estimate of drug-likeness (QED) is 0.647. The summed E-state index contributed by atoms with van der Waals surface area (Å²) in [5, 5.41) is 0. The van der Waals surface area contributed by atoms with Crippen LogP contribution in [0.3, 0.4) is 0 Å². The van der Waals surface area contributed by atoms with Crippen molar-refractivity contribution < 1.29 is 13.2 Å². The molecule has 0 bridgehead atoms. The van der Waals surface area contributed by atoms with E-state index in [2.05, 4.69) is 21.4 Å². The minimum atomic E-state index is -4.33. The summed E-state index contributed by atoms with van der Waals surface area (Å²) in [6.45, 7) is 1.68. The lowest BCUT2D eigenvalue weighted by atomic mass is 10.1. The molecule has 0 saturated heterocycles. The summed E-state index contributed by atoms with van der Waals surface area (Å²) in [7, 11) is 0. The van der Waals surface area contributed by atoms with Crippen molar-refractivity contribution in [2.45, 2.75) is 19.1 Å². The summed E-state index contributed by atoms with van der Waals surface area (Å²) < 4.78 is 37.8. The molecule has 0 heterocycles. The number of rotatable bonds is 2. The fraction of sp³-hybridized carbons (Fsp3) is 0.333. The number of hydrazine groups is 1. The summed E-state index contributed by atoms with van der Waals surface area (Å²) in [6, 6.07) is 3.12. The first-order chi connectivity index (χ1) is 6.86. The van der Waals surface area contributed by atoms with Crippen molar-refractivity contribution in [1.82, 2.24) is 5.43 Å². The van der Waals surface area contributed by atoms with Crippen LogP contribution in [0.25, 0.3) is 0 Å². The first-order valence-electron chi connectivity index (χ1n) is 4.19. The van der Waals surface area contributed by atoms with Crippen molar-refractivity contribution in [3.8, 4) is 0 Å². The second-order valence-corrected chi connectivity index (χ2v) is 3.98. The molecule has 6 heteroatoms. The van der Waals surface area contributed by atoms with Crippen molar-refractivity contribution in [3.05, 3.63) is 33.8 Å². The average molecular weight is 283 g/mol. The highest BCUT2D eigenvalue weighted by molar-refractivity contribution is 9.10. The summed E-state index contributed by atoms with van der Waals surface area (Å²) in [5.74, 6) is 5.18. The molecule has 0 amide bonds. The van der Waals surface area contributed by atoms with E-state index in [-0.39, 0.29) is 6.04 Å². The van der Waals surface area contributed by atoms with Gasteiger partial charge < -0.3 is 0 Å². The van der Waals surface area contributed by atoms with Gasteiger partial charge in [0, 0.05) is 10.5 Å². The van der Waals surface area contributed by atoms with E-state index in [1.165, 1.54) is 6.07 Å². The first kappa shape index (κ1) is 12.5. The van der Waals surface area contributed by atoms with Gasteiger partial charge in [-0.2, -0.15) is 13.2 Å². The van der Waals surface area contributed by atoms with Crippen molar-refractivity contribution >= 4 is 15.9 Å². The van der Waals surface area contributed by atoms with E-state index in [0.717, 1.165) is 12.1 Å². The SMILES string of the molecule is CC(NN)c1cc(C(F)(F)F)ccc1Br. The van der Waals surface area contributed by atoms with Crippen molar-refractivity contribution in [1.29, 1.82) is 0 Å². The van der Waals surface area contributed by atoms with Gasteiger partial charge in [-0.15, -0.1) is 0 Å². The minimum absolute atomic E-state index is 0.346. The van der Waals surface area contributed by atoms with Crippen LogP contribution in [0.5, 0.6) is 0 Å². The van der Waals surface area contributed by atoms with Crippen LogP contribution in [0.15, 0.2) is 22.7 Å². The Labute approximate surface area is 93.8 Å². The molecule has 3 N–H and O–H groups in total. The molecule has 1 aromatic rings. The summed E-state index contributed by atoms with van der Waals surface area (Å²) in [6.07, 6.45) is -4.33. The number of nitrogens with one attached hydrogen (secondary N) is 1. The number of halogens is 4. The Morgan fingerprint density at radius 1 is 1.40 bits per heavy atom. The van der Waals surface area contributed by atoms with Crippen LogP contribution in [-0.2, 0) is 6.18 Å². The number of benzene rings is 1.